The fourth-order valence-electron chi connectivity index (χ4n) is 0.388. The molecule has 0 aromatic rings. The lowest BCUT2D eigenvalue weighted by atomic mass is 10.8. The number of carbonyl (C=O) groups is 1. The molecule has 0 heterocycles. The summed E-state index contributed by atoms with van der Waals surface area (Å²) in [6.45, 7) is -0.291. The monoisotopic (exact) mass is 164 g/mol. The van der Waals surface area contributed by atoms with E-state index in [4.69, 9.17) is 14.9 Å². The van der Waals surface area contributed by atoms with E-state index in [2.05, 4.69) is 10.6 Å². The van der Waals surface area contributed by atoms with Crippen LogP contribution in [0, 0.1) is 0 Å². The van der Waals surface area contributed by atoms with E-state index in [-0.39, 0.29) is 19.9 Å². The summed E-state index contributed by atoms with van der Waals surface area (Å²) < 4.78 is 4.70. The molecule has 0 aromatic heterocycles. The van der Waals surface area contributed by atoms with Crippen molar-refractivity contribution < 1.29 is 19.7 Å². The van der Waals surface area contributed by atoms with Crippen LogP contribution in [0.15, 0.2) is 0 Å². The van der Waals surface area contributed by atoms with E-state index < -0.39 is 12.8 Å². The second-order valence-corrected chi connectivity index (χ2v) is 1.62. The summed E-state index contributed by atoms with van der Waals surface area (Å²) >= 11 is 0. The summed E-state index contributed by atoms with van der Waals surface area (Å²) in [6.07, 6.45) is 0. The van der Waals surface area contributed by atoms with E-state index in [1.165, 1.54) is 0 Å². The Morgan fingerprint density at radius 1 is 1.36 bits per heavy atom. The number of carbonyl (C=O) groups excluding carboxylic acids is 1. The lowest BCUT2D eigenvalue weighted by molar-refractivity contribution is 0.0829. The molecule has 0 unspecified atom stereocenters. The van der Waals surface area contributed by atoms with E-state index in [1.54, 1.807) is 0 Å². The summed E-state index contributed by atoms with van der Waals surface area (Å²) in [4.78, 5) is 10.5. The maximum absolute atomic E-state index is 10.5. The zero-order chi connectivity index (χ0) is 8.53. The van der Waals surface area contributed by atoms with Gasteiger partial charge < -0.3 is 25.6 Å². The summed E-state index contributed by atoms with van der Waals surface area (Å²) in [7, 11) is 0. The summed E-state index contributed by atoms with van der Waals surface area (Å²) in [6, 6.07) is -0.509. The summed E-state index contributed by atoms with van der Waals surface area (Å²) in [5.41, 5.74) is 0. The number of aliphatic hydroxyl groups is 2. The van der Waals surface area contributed by atoms with Gasteiger partial charge in [-0.15, -0.1) is 0 Å². The third kappa shape index (κ3) is 7.04. The van der Waals surface area contributed by atoms with Crippen molar-refractivity contribution in [1.29, 1.82) is 0 Å². The molecule has 0 fully saturated rings. The van der Waals surface area contributed by atoms with Gasteiger partial charge in [0.1, 0.15) is 13.5 Å². The highest BCUT2D eigenvalue weighted by Gasteiger charge is 1.94. The minimum absolute atomic E-state index is 0.0202. The lowest BCUT2D eigenvalue weighted by Gasteiger charge is -2.04. The van der Waals surface area contributed by atoms with Gasteiger partial charge in [0, 0.05) is 0 Å². The van der Waals surface area contributed by atoms with Gasteiger partial charge in [-0.1, -0.05) is 0 Å². The van der Waals surface area contributed by atoms with Gasteiger partial charge in [0.25, 0.3) is 0 Å². The molecule has 0 spiro atoms. The number of amides is 2. The minimum atomic E-state index is -0.509. The summed E-state index contributed by atoms with van der Waals surface area (Å²) in [5, 5.41) is 20.8. The Balaban J connectivity index is 3.04. The predicted octanol–water partition coefficient (Wildman–Crippen LogP) is -1.80. The van der Waals surface area contributed by atoms with Gasteiger partial charge in [-0.3, -0.25) is 0 Å². The standard InChI is InChI=1S/C5H12N2O4/c8-1-2-11-4-7-5(10)6-3-9/h8-9H,1-4H2,(H2,6,7,10). The number of rotatable bonds is 5. The van der Waals surface area contributed by atoms with Gasteiger partial charge in [0.15, 0.2) is 0 Å². The molecule has 4 N–H and O–H groups in total. The van der Waals surface area contributed by atoms with Gasteiger partial charge in [0.2, 0.25) is 0 Å². The van der Waals surface area contributed by atoms with Crippen LogP contribution in [0.4, 0.5) is 4.79 Å². The average Bonchev–Trinajstić information content (AvgIpc) is 1.99. The van der Waals surface area contributed by atoms with Crippen LogP contribution < -0.4 is 10.6 Å². The van der Waals surface area contributed by atoms with Crippen molar-refractivity contribution in [3.05, 3.63) is 0 Å². The number of urea groups is 1. The van der Waals surface area contributed by atoms with E-state index in [0.29, 0.717) is 0 Å². The van der Waals surface area contributed by atoms with Crippen molar-refractivity contribution in [3.63, 3.8) is 0 Å². The van der Waals surface area contributed by atoms with Crippen LogP contribution in [0.25, 0.3) is 0 Å². The Labute approximate surface area is 64.2 Å². The molecule has 0 bridgehead atoms. The first-order valence-electron chi connectivity index (χ1n) is 3.12. The van der Waals surface area contributed by atoms with Crippen molar-refractivity contribution >= 4 is 6.03 Å². The molecule has 0 aromatic carbocycles. The number of nitrogens with one attached hydrogen (secondary N) is 2. The molecule has 0 aliphatic rings. The van der Waals surface area contributed by atoms with Crippen molar-refractivity contribution in [2.24, 2.45) is 0 Å². The zero-order valence-electron chi connectivity index (χ0n) is 6.04. The van der Waals surface area contributed by atoms with E-state index >= 15 is 0 Å². The van der Waals surface area contributed by atoms with Gasteiger partial charge in [-0.25, -0.2) is 4.79 Å². The quantitative estimate of drug-likeness (QED) is 0.285. The molecule has 0 aliphatic carbocycles. The predicted molar refractivity (Wildman–Crippen MR) is 36.7 cm³/mol. The molecule has 0 radical (unpaired) electrons. The highest BCUT2D eigenvalue weighted by atomic mass is 16.5. The smallest absolute Gasteiger partial charge is 0.318 e. The molecule has 66 valence electrons. The Kier molecular flexibility index (Phi) is 6.70. The highest BCUT2D eigenvalue weighted by Crippen LogP contribution is 1.69. The molecule has 0 saturated heterocycles. The molecular weight excluding hydrogens is 152 g/mol. The molecule has 0 aliphatic heterocycles. The molecule has 2 amide bonds. The molecule has 11 heavy (non-hydrogen) atoms. The van der Waals surface area contributed by atoms with Gasteiger partial charge in [-0.05, 0) is 0 Å². The number of aliphatic hydroxyl groups excluding tert-OH is 2. The molecular formula is C5H12N2O4. The Morgan fingerprint density at radius 3 is 2.64 bits per heavy atom. The number of hydrogen-bond acceptors (Lipinski definition) is 4. The number of ether oxygens (including phenoxy) is 1. The highest BCUT2D eigenvalue weighted by molar-refractivity contribution is 5.73. The normalized spacial score (nSPS) is 9.27. The third-order valence-corrected chi connectivity index (χ3v) is 0.810. The van der Waals surface area contributed by atoms with Crippen LogP contribution in [0.5, 0.6) is 0 Å². The Hall–Kier alpha value is -0.850. The van der Waals surface area contributed by atoms with E-state index in [0.717, 1.165) is 0 Å². The SMILES string of the molecule is O=C(NCO)NCOCCO. The molecule has 0 atom stereocenters. The van der Waals surface area contributed by atoms with Gasteiger partial charge in [-0.2, -0.15) is 0 Å². The first-order chi connectivity index (χ1) is 5.31. The Bertz CT molecular complexity index is 109. The van der Waals surface area contributed by atoms with Crippen LogP contribution in [0.3, 0.4) is 0 Å². The lowest BCUT2D eigenvalue weighted by Crippen LogP contribution is -2.37. The average molecular weight is 164 g/mol. The first kappa shape index (κ1) is 10.2. The maximum atomic E-state index is 10.5. The molecule has 0 rings (SSSR count). The number of hydrogen-bond donors (Lipinski definition) is 4. The fraction of sp³-hybridized carbons (Fsp3) is 0.800. The topological polar surface area (TPSA) is 90.8 Å². The largest absolute Gasteiger partial charge is 0.394 e. The van der Waals surface area contributed by atoms with E-state index in [1.807, 2.05) is 0 Å². The molecule has 6 heteroatoms. The van der Waals surface area contributed by atoms with Crippen molar-refractivity contribution in [3.8, 4) is 0 Å². The van der Waals surface area contributed by atoms with Crippen LogP contribution in [-0.4, -0.2) is 42.9 Å². The van der Waals surface area contributed by atoms with Crippen LogP contribution >= 0.6 is 0 Å². The first-order valence-corrected chi connectivity index (χ1v) is 3.12. The minimum Gasteiger partial charge on any atom is -0.394 e. The fourth-order valence-corrected chi connectivity index (χ4v) is 0.388. The van der Waals surface area contributed by atoms with Crippen LogP contribution in [0.1, 0.15) is 0 Å². The van der Waals surface area contributed by atoms with Crippen molar-refractivity contribution in [2.75, 3.05) is 26.7 Å². The molecule has 6 nitrogen and oxygen atoms in total. The maximum Gasteiger partial charge on any atom is 0.318 e. The van der Waals surface area contributed by atoms with Gasteiger partial charge in [0.05, 0.1) is 13.2 Å². The third-order valence-electron chi connectivity index (χ3n) is 0.810. The van der Waals surface area contributed by atoms with Crippen LogP contribution in [-0.2, 0) is 4.74 Å². The van der Waals surface area contributed by atoms with Crippen molar-refractivity contribution in [1.82, 2.24) is 10.6 Å². The Morgan fingerprint density at radius 2 is 2.09 bits per heavy atom. The zero-order valence-corrected chi connectivity index (χ0v) is 6.04. The van der Waals surface area contributed by atoms with Crippen molar-refractivity contribution in [2.45, 2.75) is 0 Å². The molecule has 0 saturated carbocycles. The summed E-state index contributed by atoms with van der Waals surface area (Å²) in [5.74, 6) is 0. The van der Waals surface area contributed by atoms with E-state index in [9.17, 15) is 4.79 Å². The van der Waals surface area contributed by atoms with Gasteiger partial charge >= 0.3 is 6.03 Å². The second kappa shape index (κ2) is 7.26. The van der Waals surface area contributed by atoms with Crippen LogP contribution in [0.2, 0.25) is 0 Å². The second-order valence-electron chi connectivity index (χ2n) is 1.62.